The van der Waals surface area contributed by atoms with Crippen LogP contribution in [0.1, 0.15) is 11.1 Å². The van der Waals surface area contributed by atoms with Gasteiger partial charge in [0, 0.05) is 6.42 Å². The molecule has 0 aliphatic carbocycles. The summed E-state index contributed by atoms with van der Waals surface area (Å²) < 4.78 is 5.01. The van der Waals surface area contributed by atoms with Gasteiger partial charge < -0.3 is 4.74 Å². The number of ether oxygens (including phenoxy) is 1. The fourth-order valence-electron chi connectivity index (χ4n) is 1.73. The smallest absolute Gasteiger partial charge is 0.339 e. The van der Waals surface area contributed by atoms with Crippen molar-refractivity contribution in [3.05, 3.63) is 71.8 Å². The molecule has 0 saturated heterocycles. The van der Waals surface area contributed by atoms with E-state index in [-0.39, 0.29) is 13.0 Å². The molecule has 0 heterocycles. The Kier molecular flexibility index (Phi) is 4.70. The van der Waals surface area contributed by atoms with E-state index in [0.29, 0.717) is 0 Å². The summed E-state index contributed by atoms with van der Waals surface area (Å²) >= 11 is 0. The van der Waals surface area contributed by atoms with Gasteiger partial charge in [0.2, 0.25) is 0 Å². The lowest BCUT2D eigenvalue weighted by molar-refractivity contribution is -0.158. The number of hydrogen-bond acceptors (Lipinski definition) is 2. The second-order valence-corrected chi connectivity index (χ2v) is 4.27. The van der Waals surface area contributed by atoms with Crippen LogP contribution in [-0.4, -0.2) is 12.1 Å². The van der Waals surface area contributed by atoms with Crippen molar-refractivity contribution < 1.29 is 14.6 Å². The van der Waals surface area contributed by atoms with Gasteiger partial charge in [-0.05, 0) is 11.1 Å². The standard InChI is InChI=1S/C16H15O3/c17-15(11-13-7-3-1-4-8-13)16(18)19-12-14-9-5-2-6-10-14/h1-10,15H,11-12H2. The predicted octanol–water partition coefficient (Wildman–Crippen LogP) is 2.77. The van der Waals surface area contributed by atoms with Crippen molar-refractivity contribution in [2.24, 2.45) is 0 Å². The molecule has 1 radical (unpaired) electrons. The molecule has 0 aliphatic heterocycles. The van der Waals surface area contributed by atoms with Crippen LogP contribution in [0.25, 0.3) is 0 Å². The highest BCUT2D eigenvalue weighted by Crippen LogP contribution is 2.07. The summed E-state index contributed by atoms with van der Waals surface area (Å²) in [5, 5.41) is 11.7. The Morgan fingerprint density at radius 3 is 2.00 bits per heavy atom. The van der Waals surface area contributed by atoms with Crippen LogP contribution in [0.4, 0.5) is 0 Å². The quantitative estimate of drug-likeness (QED) is 0.771. The van der Waals surface area contributed by atoms with E-state index in [4.69, 9.17) is 4.74 Å². The molecule has 2 aromatic rings. The maximum Gasteiger partial charge on any atom is 0.339 e. The second kappa shape index (κ2) is 6.71. The van der Waals surface area contributed by atoms with E-state index in [0.717, 1.165) is 11.1 Å². The largest absolute Gasteiger partial charge is 0.459 e. The van der Waals surface area contributed by atoms with E-state index in [2.05, 4.69) is 0 Å². The van der Waals surface area contributed by atoms with Gasteiger partial charge in [-0.1, -0.05) is 60.7 Å². The fourth-order valence-corrected chi connectivity index (χ4v) is 1.73. The zero-order valence-corrected chi connectivity index (χ0v) is 10.5. The van der Waals surface area contributed by atoms with Crippen molar-refractivity contribution in [1.82, 2.24) is 0 Å². The summed E-state index contributed by atoms with van der Waals surface area (Å²) in [4.78, 5) is 11.6. The van der Waals surface area contributed by atoms with E-state index in [1.54, 1.807) is 0 Å². The Hall–Kier alpha value is -2.13. The maximum absolute atomic E-state index is 11.7. The molecule has 3 heteroatoms. The first-order chi connectivity index (χ1) is 9.25. The molecule has 1 atom stereocenters. The van der Waals surface area contributed by atoms with Gasteiger partial charge in [0.1, 0.15) is 6.61 Å². The predicted molar refractivity (Wildman–Crippen MR) is 70.9 cm³/mol. The molecule has 97 valence electrons. The number of rotatable bonds is 5. The first kappa shape index (κ1) is 13.3. The molecular formula is C16H15O3. The third-order valence-electron chi connectivity index (χ3n) is 2.75. The van der Waals surface area contributed by atoms with Crippen LogP contribution in [0.2, 0.25) is 0 Å². The Labute approximate surface area is 112 Å². The van der Waals surface area contributed by atoms with E-state index in [1.165, 1.54) is 0 Å². The molecule has 0 N–H and O–H groups in total. The van der Waals surface area contributed by atoms with Crippen molar-refractivity contribution in [3.8, 4) is 0 Å². The lowest BCUT2D eigenvalue weighted by Crippen LogP contribution is -2.24. The van der Waals surface area contributed by atoms with Crippen LogP contribution in [0.3, 0.4) is 0 Å². The van der Waals surface area contributed by atoms with Gasteiger partial charge in [0.05, 0.1) is 0 Å². The van der Waals surface area contributed by atoms with Crippen molar-refractivity contribution in [2.75, 3.05) is 0 Å². The number of hydrogen-bond donors (Lipinski definition) is 0. The molecule has 19 heavy (non-hydrogen) atoms. The second-order valence-electron chi connectivity index (χ2n) is 4.27. The lowest BCUT2D eigenvalue weighted by atomic mass is 10.1. The molecule has 0 aromatic heterocycles. The third-order valence-corrected chi connectivity index (χ3v) is 2.75. The van der Waals surface area contributed by atoms with Crippen molar-refractivity contribution in [2.45, 2.75) is 19.1 Å². The molecule has 2 aromatic carbocycles. The monoisotopic (exact) mass is 255 g/mol. The Bertz CT molecular complexity index is 508. The Morgan fingerprint density at radius 1 is 0.895 bits per heavy atom. The zero-order valence-electron chi connectivity index (χ0n) is 10.5. The summed E-state index contributed by atoms with van der Waals surface area (Å²) in [6.45, 7) is 0.146. The van der Waals surface area contributed by atoms with Gasteiger partial charge in [0.15, 0.2) is 6.10 Å². The molecule has 0 amide bonds. The van der Waals surface area contributed by atoms with Crippen LogP contribution < -0.4 is 0 Å². The van der Waals surface area contributed by atoms with Crippen molar-refractivity contribution >= 4 is 5.97 Å². The third kappa shape index (κ3) is 4.23. The van der Waals surface area contributed by atoms with E-state index in [9.17, 15) is 9.90 Å². The Morgan fingerprint density at radius 2 is 1.42 bits per heavy atom. The van der Waals surface area contributed by atoms with Crippen LogP contribution in [0.5, 0.6) is 0 Å². The average Bonchev–Trinajstić information content (AvgIpc) is 2.47. The molecule has 0 fully saturated rings. The van der Waals surface area contributed by atoms with Crippen LogP contribution >= 0.6 is 0 Å². The molecule has 0 saturated carbocycles. The fraction of sp³-hybridized carbons (Fsp3) is 0.188. The minimum absolute atomic E-state index is 0.146. The van der Waals surface area contributed by atoms with Gasteiger partial charge in [0.25, 0.3) is 0 Å². The Balaban J connectivity index is 1.83. The van der Waals surface area contributed by atoms with Gasteiger partial charge in [-0.2, -0.15) is 0 Å². The molecule has 2 rings (SSSR count). The molecular weight excluding hydrogens is 240 g/mol. The first-order valence-corrected chi connectivity index (χ1v) is 6.16. The first-order valence-electron chi connectivity index (χ1n) is 6.16. The molecule has 1 unspecified atom stereocenters. The molecule has 3 nitrogen and oxygen atoms in total. The van der Waals surface area contributed by atoms with Gasteiger partial charge >= 0.3 is 5.97 Å². The number of carbonyl (C=O) groups excluding carboxylic acids is 1. The minimum Gasteiger partial charge on any atom is -0.459 e. The number of benzene rings is 2. The summed E-state index contributed by atoms with van der Waals surface area (Å²) in [5.74, 6) is -0.701. The number of carbonyl (C=O) groups is 1. The van der Waals surface area contributed by atoms with Crippen molar-refractivity contribution in [1.29, 1.82) is 0 Å². The van der Waals surface area contributed by atoms with E-state index in [1.807, 2.05) is 60.7 Å². The van der Waals surface area contributed by atoms with Crippen molar-refractivity contribution in [3.63, 3.8) is 0 Å². The zero-order chi connectivity index (χ0) is 13.5. The normalized spacial score (nSPS) is 11.8. The molecule has 0 bridgehead atoms. The van der Waals surface area contributed by atoms with Crippen LogP contribution in [0.15, 0.2) is 60.7 Å². The SMILES string of the molecule is [O]C(Cc1ccccc1)C(=O)OCc1ccccc1. The van der Waals surface area contributed by atoms with Crippen LogP contribution in [0, 0.1) is 0 Å². The highest BCUT2D eigenvalue weighted by molar-refractivity contribution is 5.74. The van der Waals surface area contributed by atoms with Gasteiger partial charge in [-0.3, -0.25) is 0 Å². The average molecular weight is 255 g/mol. The summed E-state index contributed by atoms with van der Waals surface area (Å²) in [6.07, 6.45) is -1.21. The van der Waals surface area contributed by atoms with E-state index < -0.39 is 12.1 Å². The summed E-state index contributed by atoms with van der Waals surface area (Å²) in [5.41, 5.74) is 1.72. The highest BCUT2D eigenvalue weighted by Gasteiger charge is 2.19. The summed E-state index contributed by atoms with van der Waals surface area (Å²) in [7, 11) is 0. The van der Waals surface area contributed by atoms with E-state index >= 15 is 0 Å². The molecule has 0 spiro atoms. The maximum atomic E-state index is 11.7. The highest BCUT2D eigenvalue weighted by atomic mass is 16.5. The van der Waals surface area contributed by atoms with Crippen LogP contribution in [-0.2, 0) is 27.7 Å². The minimum atomic E-state index is -1.37. The summed E-state index contributed by atoms with van der Waals surface area (Å²) in [6, 6.07) is 18.5. The topological polar surface area (TPSA) is 46.2 Å². The lowest BCUT2D eigenvalue weighted by Gasteiger charge is -2.09. The molecule has 0 aliphatic rings. The van der Waals surface area contributed by atoms with Gasteiger partial charge in [-0.25, -0.2) is 9.90 Å². The van der Waals surface area contributed by atoms with Gasteiger partial charge in [-0.15, -0.1) is 0 Å². The number of esters is 1.